The highest BCUT2D eigenvalue weighted by molar-refractivity contribution is 7.86. The van der Waals surface area contributed by atoms with E-state index >= 15 is 0 Å². The Bertz CT molecular complexity index is 506. The van der Waals surface area contributed by atoms with Gasteiger partial charge < -0.3 is 9.79 Å². The zero-order valence-electron chi connectivity index (χ0n) is 8.80. The van der Waals surface area contributed by atoms with E-state index in [1.54, 1.807) is 30.3 Å². The highest BCUT2D eigenvalue weighted by Crippen LogP contribution is 2.37. The van der Waals surface area contributed by atoms with Gasteiger partial charge in [-0.05, 0) is 12.0 Å². The minimum Gasteiger partial charge on any atom is -0.324 e. The molecule has 0 radical (unpaired) electrons. The highest BCUT2D eigenvalue weighted by atomic mass is 32.2. The fraction of sp³-hybridized carbons (Fsp3) is 0.333. The first kappa shape index (κ1) is 14.3. The maximum Gasteiger partial charge on any atom is 0.326 e. The second-order valence-corrected chi connectivity index (χ2v) is 7.07. The molecule has 0 bridgehead atoms. The van der Waals surface area contributed by atoms with Crippen LogP contribution in [0, 0.1) is 0 Å². The zero-order chi connectivity index (χ0) is 13.1. The molecule has 1 unspecified atom stereocenters. The summed E-state index contributed by atoms with van der Waals surface area (Å²) in [5, 5.41) is -1.49. The molecule has 3 N–H and O–H groups in total. The van der Waals surface area contributed by atoms with Crippen LogP contribution in [-0.4, -0.2) is 34.2 Å². The Kier molecular flexibility index (Phi) is 4.46. The van der Waals surface area contributed by atoms with E-state index < -0.39 is 29.1 Å². The van der Waals surface area contributed by atoms with Crippen LogP contribution in [0.2, 0.25) is 0 Å². The third-order valence-corrected chi connectivity index (χ3v) is 4.51. The van der Waals surface area contributed by atoms with Crippen LogP contribution in [0.15, 0.2) is 30.3 Å². The van der Waals surface area contributed by atoms with Crippen LogP contribution in [0.4, 0.5) is 0 Å². The summed E-state index contributed by atoms with van der Waals surface area (Å²) in [7, 11) is -8.98. The number of hydrogen-bond donors (Lipinski definition) is 3. The summed E-state index contributed by atoms with van der Waals surface area (Å²) < 4.78 is 41.8. The molecular formula is C9H13O6PS. The Morgan fingerprint density at radius 1 is 1.18 bits per heavy atom. The summed E-state index contributed by atoms with van der Waals surface area (Å²) in [6.45, 7) is 0. The second-order valence-electron chi connectivity index (χ2n) is 3.67. The lowest BCUT2D eigenvalue weighted by Gasteiger charge is -2.14. The molecular weight excluding hydrogens is 267 g/mol. The number of benzene rings is 1. The van der Waals surface area contributed by atoms with Gasteiger partial charge in [0.05, 0.1) is 6.16 Å². The largest absolute Gasteiger partial charge is 0.326 e. The molecule has 0 aliphatic carbocycles. The van der Waals surface area contributed by atoms with E-state index in [0.717, 1.165) is 0 Å². The van der Waals surface area contributed by atoms with Gasteiger partial charge in [0, 0.05) is 0 Å². The van der Waals surface area contributed by atoms with Crippen molar-refractivity contribution in [3.05, 3.63) is 35.9 Å². The maximum absolute atomic E-state index is 11.0. The van der Waals surface area contributed by atoms with Crippen LogP contribution >= 0.6 is 7.60 Å². The van der Waals surface area contributed by atoms with Crippen molar-refractivity contribution >= 4 is 17.7 Å². The quantitative estimate of drug-likeness (QED) is 0.539. The van der Waals surface area contributed by atoms with Gasteiger partial charge >= 0.3 is 7.60 Å². The molecule has 0 spiro atoms. The first-order valence-electron chi connectivity index (χ1n) is 4.73. The van der Waals surface area contributed by atoms with Crippen molar-refractivity contribution in [1.29, 1.82) is 0 Å². The van der Waals surface area contributed by atoms with Gasteiger partial charge in [-0.1, -0.05) is 30.3 Å². The Morgan fingerprint density at radius 3 is 2.12 bits per heavy atom. The minimum atomic E-state index is -4.49. The molecule has 0 saturated heterocycles. The first-order chi connectivity index (χ1) is 7.68. The van der Waals surface area contributed by atoms with Crippen molar-refractivity contribution in [3.63, 3.8) is 0 Å². The lowest BCUT2D eigenvalue weighted by molar-refractivity contribution is 0.369. The van der Waals surface area contributed by atoms with Crippen molar-refractivity contribution in [1.82, 2.24) is 0 Å². The second kappa shape index (κ2) is 5.29. The lowest BCUT2D eigenvalue weighted by Crippen LogP contribution is -2.27. The predicted octanol–water partition coefficient (Wildman–Crippen LogP) is 0.663. The van der Waals surface area contributed by atoms with E-state index in [-0.39, 0.29) is 6.42 Å². The monoisotopic (exact) mass is 280 g/mol. The van der Waals surface area contributed by atoms with Gasteiger partial charge in [-0.15, -0.1) is 0 Å². The van der Waals surface area contributed by atoms with Crippen molar-refractivity contribution in [2.24, 2.45) is 0 Å². The molecule has 17 heavy (non-hydrogen) atoms. The van der Waals surface area contributed by atoms with Crippen LogP contribution in [0.1, 0.15) is 5.56 Å². The molecule has 1 aromatic carbocycles. The lowest BCUT2D eigenvalue weighted by atomic mass is 10.1. The minimum absolute atomic E-state index is 0.134. The molecule has 1 atom stereocenters. The van der Waals surface area contributed by atoms with Crippen molar-refractivity contribution in [2.75, 3.05) is 6.16 Å². The molecule has 0 aliphatic rings. The summed E-state index contributed by atoms with van der Waals surface area (Å²) in [6, 6.07) is 8.33. The Morgan fingerprint density at radius 2 is 1.71 bits per heavy atom. The molecule has 0 amide bonds. The molecule has 0 aromatic heterocycles. The summed E-state index contributed by atoms with van der Waals surface area (Å²) in [4.78, 5) is 17.5. The van der Waals surface area contributed by atoms with Crippen LogP contribution in [-0.2, 0) is 21.1 Å². The van der Waals surface area contributed by atoms with E-state index in [1.165, 1.54) is 0 Å². The van der Waals surface area contributed by atoms with E-state index in [1.807, 2.05) is 0 Å². The van der Waals surface area contributed by atoms with E-state index in [2.05, 4.69) is 0 Å². The van der Waals surface area contributed by atoms with Gasteiger partial charge in [0.25, 0.3) is 10.1 Å². The molecule has 96 valence electrons. The van der Waals surface area contributed by atoms with Gasteiger partial charge in [0.1, 0.15) is 5.25 Å². The van der Waals surface area contributed by atoms with Gasteiger partial charge in [-0.25, -0.2) is 0 Å². The average molecular weight is 280 g/mol. The van der Waals surface area contributed by atoms with E-state index in [4.69, 9.17) is 14.3 Å². The van der Waals surface area contributed by atoms with Crippen LogP contribution in [0.3, 0.4) is 0 Å². The van der Waals surface area contributed by atoms with Gasteiger partial charge in [0.15, 0.2) is 0 Å². The van der Waals surface area contributed by atoms with Crippen molar-refractivity contribution in [3.8, 4) is 0 Å². The summed E-state index contributed by atoms with van der Waals surface area (Å²) in [5.41, 5.74) is 0.587. The number of hydrogen-bond acceptors (Lipinski definition) is 3. The predicted molar refractivity (Wildman–Crippen MR) is 62.4 cm³/mol. The van der Waals surface area contributed by atoms with E-state index in [0.29, 0.717) is 5.56 Å². The molecule has 0 saturated carbocycles. The molecule has 1 aromatic rings. The van der Waals surface area contributed by atoms with Crippen molar-refractivity contribution < 1.29 is 27.3 Å². The molecule has 0 heterocycles. The zero-order valence-corrected chi connectivity index (χ0v) is 10.5. The van der Waals surface area contributed by atoms with Gasteiger partial charge in [-0.2, -0.15) is 8.42 Å². The van der Waals surface area contributed by atoms with Crippen LogP contribution in [0.25, 0.3) is 0 Å². The topological polar surface area (TPSA) is 112 Å². The SMILES string of the molecule is O=P(O)(O)CC(Cc1ccccc1)S(=O)(=O)O. The third-order valence-electron chi connectivity index (χ3n) is 2.17. The van der Waals surface area contributed by atoms with Crippen LogP contribution in [0.5, 0.6) is 0 Å². The molecule has 0 fully saturated rings. The molecule has 1 rings (SSSR count). The average Bonchev–Trinajstić information content (AvgIpc) is 2.15. The maximum atomic E-state index is 11.0. The Balaban J connectivity index is 2.90. The smallest absolute Gasteiger partial charge is 0.324 e. The fourth-order valence-electron chi connectivity index (χ4n) is 1.41. The van der Waals surface area contributed by atoms with E-state index in [9.17, 15) is 13.0 Å². The first-order valence-corrected chi connectivity index (χ1v) is 8.03. The summed E-state index contributed by atoms with van der Waals surface area (Å²) >= 11 is 0. The molecule has 8 heteroatoms. The third kappa shape index (κ3) is 5.43. The number of rotatable bonds is 5. The standard InChI is InChI=1S/C9H13O6PS/c10-16(11,12)7-9(17(13,14)15)6-8-4-2-1-3-5-8/h1-5,9H,6-7H2,(H2,10,11,12)(H,13,14,15). The van der Waals surface area contributed by atoms with Crippen LogP contribution < -0.4 is 0 Å². The Labute approximate surface area is 99.2 Å². The fourth-order valence-corrected chi connectivity index (χ4v) is 3.81. The Hall–Kier alpha value is -0.720. The van der Waals surface area contributed by atoms with Gasteiger partial charge in [-0.3, -0.25) is 9.12 Å². The molecule has 0 aliphatic heterocycles. The summed E-state index contributed by atoms with van der Waals surface area (Å²) in [5.74, 6) is 0. The van der Waals surface area contributed by atoms with Gasteiger partial charge in [0.2, 0.25) is 0 Å². The normalized spacial score (nSPS) is 14.5. The molecule has 6 nitrogen and oxygen atoms in total. The summed E-state index contributed by atoms with van der Waals surface area (Å²) in [6.07, 6.45) is -1.02. The highest BCUT2D eigenvalue weighted by Gasteiger charge is 2.31. The van der Waals surface area contributed by atoms with Crippen molar-refractivity contribution in [2.45, 2.75) is 11.7 Å².